The fraction of sp³-hybridized carbons (Fsp3) is 0.833. The fourth-order valence-corrected chi connectivity index (χ4v) is 1.99. The van der Waals surface area contributed by atoms with Crippen LogP contribution in [0.4, 0.5) is 0 Å². The van der Waals surface area contributed by atoms with E-state index < -0.39 is 0 Å². The van der Waals surface area contributed by atoms with Crippen molar-refractivity contribution < 1.29 is 9.26 Å². The summed E-state index contributed by atoms with van der Waals surface area (Å²) in [7, 11) is 0. The van der Waals surface area contributed by atoms with E-state index in [9.17, 15) is 0 Å². The first-order chi connectivity index (χ1) is 8.31. The molecule has 1 saturated heterocycles. The highest BCUT2D eigenvalue weighted by atomic mass is 16.5. The second kappa shape index (κ2) is 6.12. The second-order valence-electron chi connectivity index (χ2n) is 4.48. The van der Waals surface area contributed by atoms with Gasteiger partial charge in [-0.05, 0) is 13.3 Å². The van der Waals surface area contributed by atoms with Gasteiger partial charge in [0.15, 0.2) is 5.82 Å². The normalized spacial score (nSPS) is 19.4. The summed E-state index contributed by atoms with van der Waals surface area (Å²) in [5.41, 5.74) is 0. The lowest BCUT2D eigenvalue weighted by atomic mass is 10.2. The van der Waals surface area contributed by atoms with Crippen LogP contribution in [0.15, 0.2) is 4.52 Å². The van der Waals surface area contributed by atoms with Gasteiger partial charge in [0, 0.05) is 19.5 Å². The van der Waals surface area contributed by atoms with Crippen LogP contribution >= 0.6 is 0 Å². The molecule has 2 heterocycles. The van der Waals surface area contributed by atoms with Crippen LogP contribution < -0.4 is 0 Å². The van der Waals surface area contributed by atoms with E-state index in [1.54, 1.807) is 0 Å². The van der Waals surface area contributed by atoms with Crippen molar-refractivity contribution in [1.82, 2.24) is 15.0 Å². The molecule has 1 fully saturated rings. The van der Waals surface area contributed by atoms with Gasteiger partial charge in [-0.15, -0.1) is 0 Å². The number of hydrogen-bond donors (Lipinski definition) is 0. The molecule has 0 spiro atoms. The summed E-state index contributed by atoms with van der Waals surface area (Å²) in [6, 6.07) is 0.196. The van der Waals surface area contributed by atoms with Gasteiger partial charge in [-0.3, -0.25) is 4.90 Å². The molecule has 1 aromatic rings. The standard InChI is InChI=1S/C12H21N3O2/c1-3-4-5-11-13-12(17-14-11)10(2)15-6-8-16-9-7-15/h10H,3-9H2,1-2H3. The summed E-state index contributed by atoms with van der Waals surface area (Å²) >= 11 is 0. The summed E-state index contributed by atoms with van der Waals surface area (Å²) in [6.45, 7) is 7.74. The maximum Gasteiger partial charge on any atom is 0.243 e. The molecule has 5 nitrogen and oxygen atoms in total. The lowest BCUT2D eigenvalue weighted by Gasteiger charge is -2.29. The Bertz CT molecular complexity index is 334. The lowest BCUT2D eigenvalue weighted by Crippen LogP contribution is -2.38. The fourth-order valence-electron chi connectivity index (χ4n) is 1.99. The predicted octanol–water partition coefficient (Wildman–Crippen LogP) is 1.81. The van der Waals surface area contributed by atoms with Crippen molar-refractivity contribution in [3.05, 3.63) is 11.7 Å². The van der Waals surface area contributed by atoms with Crippen LogP contribution in [0.1, 0.15) is 44.4 Å². The van der Waals surface area contributed by atoms with Crippen molar-refractivity contribution in [2.45, 2.75) is 39.2 Å². The molecule has 0 saturated carbocycles. The SMILES string of the molecule is CCCCc1noc(C(C)N2CCOCC2)n1. The van der Waals surface area contributed by atoms with E-state index in [0.717, 1.165) is 57.3 Å². The van der Waals surface area contributed by atoms with Crippen LogP contribution in [0, 0.1) is 0 Å². The van der Waals surface area contributed by atoms with Crippen molar-refractivity contribution in [3.63, 3.8) is 0 Å². The summed E-state index contributed by atoms with van der Waals surface area (Å²) < 4.78 is 10.7. The van der Waals surface area contributed by atoms with Crippen LogP contribution in [-0.4, -0.2) is 41.3 Å². The van der Waals surface area contributed by atoms with Gasteiger partial charge in [0.2, 0.25) is 5.89 Å². The van der Waals surface area contributed by atoms with Crippen LogP contribution in [0.5, 0.6) is 0 Å². The maximum absolute atomic E-state index is 5.34. The first-order valence-corrected chi connectivity index (χ1v) is 6.45. The molecule has 1 aliphatic heterocycles. The highest BCUT2D eigenvalue weighted by Gasteiger charge is 2.23. The zero-order valence-corrected chi connectivity index (χ0v) is 10.7. The van der Waals surface area contributed by atoms with Crippen LogP contribution in [0.3, 0.4) is 0 Å². The first-order valence-electron chi connectivity index (χ1n) is 6.45. The van der Waals surface area contributed by atoms with Crippen molar-refractivity contribution in [2.24, 2.45) is 0 Å². The van der Waals surface area contributed by atoms with E-state index in [1.807, 2.05) is 0 Å². The topological polar surface area (TPSA) is 51.4 Å². The quantitative estimate of drug-likeness (QED) is 0.784. The monoisotopic (exact) mass is 239 g/mol. The van der Waals surface area contributed by atoms with Gasteiger partial charge >= 0.3 is 0 Å². The molecular weight excluding hydrogens is 218 g/mol. The average molecular weight is 239 g/mol. The van der Waals surface area contributed by atoms with E-state index in [0.29, 0.717) is 0 Å². The third kappa shape index (κ3) is 3.26. The van der Waals surface area contributed by atoms with Gasteiger partial charge in [0.05, 0.1) is 19.3 Å². The molecule has 0 aliphatic carbocycles. The zero-order valence-electron chi connectivity index (χ0n) is 10.7. The predicted molar refractivity (Wildman–Crippen MR) is 63.7 cm³/mol. The first kappa shape index (κ1) is 12.5. The van der Waals surface area contributed by atoms with E-state index in [-0.39, 0.29) is 6.04 Å². The van der Waals surface area contributed by atoms with Crippen LogP contribution in [0.2, 0.25) is 0 Å². The molecule has 5 heteroatoms. The Morgan fingerprint density at radius 1 is 1.35 bits per heavy atom. The Balaban J connectivity index is 1.93. The molecule has 2 rings (SSSR count). The van der Waals surface area contributed by atoms with Crippen molar-refractivity contribution in [3.8, 4) is 0 Å². The molecule has 0 aromatic carbocycles. The van der Waals surface area contributed by atoms with E-state index >= 15 is 0 Å². The van der Waals surface area contributed by atoms with Crippen molar-refractivity contribution in [1.29, 1.82) is 0 Å². The number of unbranched alkanes of at least 4 members (excludes halogenated alkanes) is 1. The lowest BCUT2D eigenvalue weighted by molar-refractivity contribution is 0.0134. The Kier molecular flexibility index (Phi) is 4.50. The van der Waals surface area contributed by atoms with Crippen molar-refractivity contribution in [2.75, 3.05) is 26.3 Å². The number of ether oxygens (including phenoxy) is 1. The van der Waals surface area contributed by atoms with Gasteiger partial charge < -0.3 is 9.26 Å². The molecule has 0 amide bonds. The van der Waals surface area contributed by atoms with Crippen LogP contribution in [0.25, 0.3) is 0 Å². The molecule has 96 valence electrons. The molecule has 1 unspecified atom stereocenters. The number of aromatic nitrogens is 2. The third-order valence-corrected chi connectivity index (χ3v) is 3.19. The Hall–Kier alpha value is -0.940. The number of hydrogen-bond acceptors (Lipinski definition) is 5. The van der Waals surface area contributed by atoms with Crippen molar-refractivity contribution >= 4 is 0 Å². The number of aryl methyl sites for hydroxylation is 1. The molecule has 1 aliphatic rings. The minimum absolute atomic E-state index is 0.196. The zero-order chi connectivity index (χ0) is 12.1. The molecular formula is C12H21N3O2. The van der Waals surface area contributed by atoms with E-state index in [1.165, 1.54) is 0 Å². The van der Waals surface area contributed by atoms with E-state index in [4.69, 9.17) is 9.26 Å². The van der Waals surface area contributed by atoms with Crippen LogP contribution in [-0.2, 0) is 11.2 Å². The molecule has 0 radical (unpaired) electrons. The van der Waals surface area contributed by atoms with Gasteiger partial charge in [-0.25, -0.2) is 0 Å². The molecule has 0 bridgehead atoms. The van der Waals surface area contributed by atoms with E-state index in [2.05, 4.69) is 28.9 Å². The third-order valence-electron chi connectivity index (χ3n) is 3.19. The average Bonchev–Trinajstić information content (AvgIpc) is 2.85. The molecule has 1 aromatic heterocycles. The Morgan fingerprint density at radius 2 is 2.12 bits per heavy atom. The Labute approximate surface area is 102 Å². The highest BCUT2D eigenvalue weighted by Crippen LogP contribution is 2.19. The number of morpholine rings is 1. The van der Waals surface area contributed by atoms with Gasteiger partial charge in [0.1, 0.15) is 0 Å². The maximum atomic E-state index is 5.34. The summed E-state index contributed by atoms with van der Waals surface area (Å²) in [5, 5.41) is 4.03. The molecule has 0 N–H and O–H groups in total. The summed E-state index contributed by atoms with van der Waals surface area (Å²) in [6.07, 6.45) is 3.18. The largest absolute Gasteiger partial charge is 0.379 e. The van der Waals surface area contributed by atoms with Gasteiger partial charge in [-0.1, -0.05) is 18.5 Å². The molecule has 1 atom stereocenters. The molecule has 17 heavy (non-hydrogen) atoms. The minimum Gasteiger partial charge on any atom is -0.379 e. The van der Waals surface area contributed by atoms with Gasteiger partial charge in [0.25, 0.3) is 0 Å². The Morgan fingerprint density at radius 3 is 2.82 bits per heavy atom. The number of nitrogens with zero attached hydrogens (tertiary/aromatic N) is 3. The minimum atomic E-state index is 0.196. The summed E-state index contributed by atoms with van der Waals surface area (Å²) in [4.78, 5) is 6.78. The van der Waals surface area contributed by atoms with Gasteiger partial charge in [-0.2, -0.15) is 4.98 Å². The number of rotatable bonds is 5. The highest BCUT2D eigenvalue weighted by molar-refractivity contribution is 4.92. The summed E-state index contributed by atoms with van der Waals surface area (Å²) in [5.74, 6) is 1.57. The smallest absolute Gasteiger partial charge is 0.243 e. The second-order valence-corrected chi connectivity index (χ2v) is 4.48.